The SMILES string of the molecule is Cc1cc(C)c2c(ccn2C(=O)OC(C)(C)C)c1C[C@@H]1CCN(C)C[C@H]1c1ccc(C(=O)OC(C)(C)C)cc1. The number of ether oxygens (including phenoxy) is 2. The van der Waals surface area contributed by atoms with Gasteiger partial charge in [-0.1, -0.05) is 18.2 Å². The number of likely N-dealkylation sites (tertiary alicyclic amines) is 1. The maximum absolute atomic E-state index is 13.0. The van der Waals surface area contributed by atoms with Crippen LogP contribution in [0.5, 0.6) is 0 Å². The number of aromatic nitrogens is 1. The van der Waals surface area contributed by atoms with Crippen LogP contribution in [0.1, 0.15) is 86.5 Å². The first-order chi connectivity index (χ1) is 18.1. The van der Waals surface area contributed by atoms with E-state index in [2.05, 4.69) is 50.1 Å². The van der Waals surface area contributed by atoms with E-state index in [0.29, 0.717) is 17.4 Å². The Hall–Kier alpha value is -3.12. The maximum Gasteiger partial charge on any atom is 0.418 e. The van der Waals surface area contributed by atoms with Crippen molar-refractivity contribution >= 4 is 23.0 Å². The van der Waals surface area contributed by atoms with Crippen molar-refractivity contribution in [3.8, 4) is 0 Å². The maximum atomic E-state index is 13.0. The summed E-state index contributed by atoms with van der Waals surface area (Å²) in [6, 6.07) is 12.2. The molecular weight excluding hydrogens is 488 g/mol. The number of rotatable bonds is 4. The normalized spacial score (nSPS) is 18.8. The van der Waals surface area contributed by atoms with E-state index in [-0.39, 0.29) is 12.1 Å². The number of carbonyl (C=O) groups excluding carboxylic acids is 2. The van der Waals surface area contributed by atoms with Gasteiger partial charge in [0.05, 0.1) is 11.1 Å². The van der Waals surface area contributed by atoms with Crippen LogP contribution in [0.4, 0.5) is 4.79 Å². The molecule has 0 spiro atoms. The van der Waals surface area contributed by atoms with Crippen LogP contribution in [0.15, 0.2) is 42.6 Å². The van der Waals surface area contributed by atoms with E-state index in [4.69, 9.17) is 9.47 Å². The van der Waals surface area contributed by atoms with Gasteiger partial charge in [-0.2, -0.15) is 0 Å². The van der Waals surface area contributed by atoms with Gasteiger partial charge in [0, 0.05) is 18.1 Å². The average Bonchev–Trinajstić information content (AvgIpc) is 3.26. The van der Waals surface area contributed by atoms with Crippen LogP contribution in [-0.4, -0.2) is 52.9 Å². The first kappa shape index (κ1) is 28.9. The van der Waals surface area contributed by atoms with Gasteiger partial charge in [-0.15, -0.1) is 0 Å². The number of likely N-dealkylation sites (N-methyl/N-ethyl adjacent to an activating group) is 1. The molecule has 1 aliphatic rings. The summed E-state index contributed by atoms with van der Waals surface area (Å²) in [5, 5.41) is 1.12. The number of hydrogen-bond acceptors (Lipinski definition) is 5. The monoisotopic (exact) mass is 532 g/mol. The molecule has 2 heterocycles. The number of esters is 1. The van der Waals surface area contributed by atoms with Crippen LogP contribution >= 0.6 is 0 Å². The molecule has 3 aromatic rings. The molecule has 1 saturated heterocycles. The first-order valence-electron chi connectivity index (χ1n) is 14.0. The zero-order chi connectivity index (χ0) is 28.7. The molecule has 0 saturated carbocycles. The Morgan fingerprint density at radius 1 is 0.923 bits per heavy atom. The smallest absolute Gasteiger partial charge is 0.418 e. The summed E-state index contributed by atoms with van der Waals surface area (Å²) in [5.74, 6) is 0.474. The molecule has 1 aliphatic heterocycles. The predicted octanol–water partition coefficient (Wildman–Crippen LogP) is 7.27. The molecule has 0 unspecified atom stereocenters. The van der Waals surface area contributed by atoms with E-state index in [9.17, 15) is 9.59 Å². The predicted molar refractivity (Wildman–Crippen MR) is 157 cm³/mol. The van der Waals surface area contributed by atoms with Crippen molar-refractivity contribution in [3.63, 3.8) is 0 Å². The highest BCUT2D eigenvalue weighted by Gasteiger charge is 2.31. The standard InChI is InChI=1S/C33H44N2O4/c1-21-18-22(2)29-26(15-17-35(29)31(37)39-33(6,7)8)27(21)19-25-14-16-34(9)20-28(25)23-10-12-24(13-11-23)30(36)38-32(3,4)5/h10-13,15,17-18,25,28H,14,16,19-20H2,1-9H3/t25-,28-/m0/s1. The average molecular weight is 533 g/mol. The van der Waals surface area contributed by atoms with Crippen LogP contribution in [0.2, 0.25) is 0 Å². The van der Waals surface area contributed by atoms with Gasteiger partial charge in [0.15, 0.2) is 0 Å². The number of carbonyl (C=O) groups is 2. The highest BCUT2D eigenvalue weighted by Crippen LogP contribution is 2.38. The molecule has 2 atom stereocenters. The molecule has 0 bridgehead atoms. The summed E-state index contributed by atoms with van der Waals surface area (Å²) in [6.45, 7) is 17.6. The lowest BCUT2D eigenvalue weighted by atomic mass is 9.76. The van der Waals surface area contributed by atoms with E-state index in [1.165, 1.54) is 16.7 Å². The second-order valence-electron chi connectivity index (χ2n) is 13.2. The summed E-state index contributed by atoms with van der Waals surface area (Å²) >= 11 is 0. The highest BCUT2D eigenvalue weighted by atomic mass is 16.6. The minimum absolute atomic E-state index is 0.293. The minimum Gasteiger partial charge on any atom is -0.456 e. The highest BCUT2D eigenvalue weighted by molar-refractivity contribution is 5.94. The molecule has 4 rings (SSSR count). The van der Waals surface area contributed by atoms with Crippen LogP contribution in [0, 0.1) is 19.8 Å². The summed E-state index contributed by atoms with van der Waals surface area (Å²) in [4.78, 5) is 27.9. The Balaban J connectivity index is 1.65. The van der Waals surface area contributed by atoms with Gasteiger partial charge in [0.2, 0.25) is 0 Å². The number of hydrogen-bond donors (Lipinski definition) is 0. The Kier molecular flexibility index (Phi) is 8.00. The molecule has 0 aliphatic carbocycles. The fourth-order valence-electron chi connectivity index (χ4n) is 5.76. The van der Waals surface area contributed by atoms with E-state index >= 15 is 0 Å². The molecule has 210 valence electrons. The molecular formula is C33H44N2O4. The second-order valence-corrected chi connectivity index (χ2v) is 13.2. The lowest BCUT2D eigenvalue weighted by Gasteiger charge is -2.38. The van der Waals surface area contributed by atoms with Crippen molar-refractivity contribution in [1.29, 1.82) is 0 Å². The number of piperidine rings is 1. The number of aryl methyl sites for hydroxylation is 2. The topological polar surface area (TPSA) is 60.8 Å². The van der Waals surface area contributed by atoms with Crippen molar-refractivity contribution in [2.45, 2.75) is 85.4 Å². The lowest BCUT2D eigenvalue weighted by Crippen LogP contribution is -2.37. The third-order valence-electron chi connectivity index (χ3n) is 7.48. The van der Waals surface area contributed by atoms with Gasteiger partial charge >= 0.3 is 12.1 Å². The largest absolute Gasteiger partial charge is 0.456 e. The number of benzene rings is 2. The third-order valence-corrected chi connectivity index (χ3v) is 7.48. The van der Waals surface area contributed by atoms with Crippen molar-refractivity contribution < 1.29 is 19.1 Å². The third kappa shape index (κ3) is 6.73. The Labute approximate surface area is 233 Å². The van der Waals surface area contributed by atoms with E-state index in [0.717, 1.165) is 42.4 Å². The van der Waals surface area contributed by atoms with Gasteiger partial charge in [0.1, 0.15) is 11.2 Å². The van der Waals surface area contributed by atoms with Gasteiger partial charge < -0.3 is 14.4 Å². The molecule has 2 aromatic carbocycles. The zero-order valence-electron chi connectivity index (χ0n) is 25.1. The summed E-state index contributed by atoms with van der Waals surface area (Å²) in [6.07, 6.45) is 3.50. The second kappa shape index (κ2) is 10.8. The van der Waals surface area contributed by atoms with Gasteiger partial charge in [-0.05, 0) is 134 Å². The van der Waals surface area contributed by atoms with E-state index < -0.39 is 11.2 Å². The zero-order valence-corrected chi connectivity index (χ0v) is 25.1. The Bertz CT molecular complexity index is 1360. The molecule has 39 heavy (non-hydrogen) atoms. The van der Waals surface area contributed by atoms with Crippen LogP contribution < -0.4 is 0 Å². The molecule has 0 N–H and O–H groups in total. The first-order valence-corrected chi connectivity index (χ1v) is 14.0. The molecule has 1 aromatic heterocycles. The number of nitrogens with zero attached hydrogens (tertiary/aromatic N) is 2. The van der Waals surface area contributed by atoms with Crippen molar-refractivity contribution in [1.82, 2.24) is 9.47 Å². The fraction of sp³-hybridized carbons (Fsp3) is 0.515. The van der Waals surface area contributed by atoms with Crippen LogP contribution in [0.3, 0.4) is 0 Å². The summed E-state index contributed by atoms with van der Waals surface area (Å²) < 4.78 is 12.9. The van der Waals surface area contributed by atoms with Gasteiger partial charge in [-0.3, -0.25) is 4.57 Å². The quantitative estimate of drug-likeness (QED) is 0.331. The molecule has 6 heteroatoms. The molecule has 0 radical (unpaired) electrons. The van der Waals surface area contributed by atoms with E-state index in [1.807, 2.05) is 59.9 Å². The minimum atomic E-state index is -0.560. The molecule has 0 amide bonds. The van der Waals surface area contributed by atoms with Crippen LogP contribution in [-0.2, 0) is 15.9 Å². The Morgan fingerprint density at radius 2 is 1.56 bits per heavy atom. The Morgan fingerprint density at radius 3 is 2.18 bits per heavy atom. The van der Waals surface area contributed by atoms with Gasteiger partial charge in [0.25, 0.3) is 0 Å². The van der Waals surface area contributed by atoms with Crippen LogP contribution in [0.25, 0.3) is 10.9 Å². The molecule has 1 fully saturated rings. The fourth-order valence-corrected chi connectivity index (χ4v) is 5.76. The molecule has 6 nitrogen and oxygen atoms in total. The van der Waals surface area contributed by atoms with Crippen molar-refractivity contribution in [3.05, 3.63) is 70.4 Å². The van der Waals surface area contributed by atoms with Crippen molar-refractivity contribution in [2.75, 3.05) is 20.1 Å². The number of fused-ring (bicyclic) bond motifs is 1. The summed E-state index contributed by atoms with van der Waals surface area (Å²) in [7, 11) is 2.18. The van der Waals surface area contributed by atoms with E-state index in [1.54, 1.807) is 4.57 Å². The van der Waals surface area contributed by atoms with Crippen molar-refractivity contribution in [2.24, 2.45) is 5.92 Å². The van der Waals surface area contributed by atoms with Gasteiger partial charge in [-0.25, -0.2) is 9.59 Å². The lowest BCUT2D eigenvalue weighted by molar-refractivity contribution is 0.00691. The summed E-state index contributed by atoms with van der Waals surface area (Å²) in [5.41, 5.74) is 5.28.